The lowest BCUT2D eigenvalue weighted by molar-refractivity contribution is 0.478. The second kappa shape index (κ2) is 6.92. The van der Waals surface area contributed by atoms with Crippen LogP contribution in [0.1, 0.15) is 5.56 Å². The van der Waals surface area contributed by atoms with Crippen LogP contribution in [-0.4, -0.2) is 34.0 Å². The van der Waals surface area contributed by atoms with Crippen molar-refractivity contribution in [2.75, 3.05) is 10.7 Å². The highest BCUT2D eigenvalue weighted by molar-refractivity contribution is 7.90. The predicted octanol–water partition coefficient (Wildman–Crippen LogP) is 1.93. The lowest BCUT2D eigenvalue weighted by Gasteiger charge is -2.20. The number of anilines is 2. The van der Waals surface area contributed by atoms with Gasteiger partial charge >= 0.3 is 0 Å². The van der Waals surface area contributed by atoms with E-state index in [1.54, 1.807) is 48.7 Å². The third-order valence-electron chi connectivity index (χ3n) is 4.68. The topological polar surface area (TPSA) is 139 Å². The molecule has 0 radical (unpaired) electrons. The zero-order chi connectivity index (χ0) is 21.6. The Morgan fingerprint density at radius 3 is 2.65 bits per heavy atom. The monoisotopic (exact) mass is 434 g/mol. The first-order chi connectivity index (χ1) is 15.0. The van der Waals surface area contributed by atoms with E-state index < -0.39 is 21.3 Å². The highest BCUT2D eigenvalue weighted by Gasteiger charge is 2.30. The fourth-order valence-electron chi connectivity index (χ4n) is 3.30. The molecule has 0 bridgehead atoms. The first-order valence-electron chi connectivity index (χ1n) is 9.07. The highest BCUT2D eigenvalue weighted by atomic mass is 32.2. The fraction of sp³-hybridized carbons (Fsp3) is 0. The summed E-state index contributed by atoms with van der Waals surface area (Å²) in [4.78, 5) is 21.6. The Labute approximate surface area is 175 Å². The Hall–Kier alpha value is -4.25. The number of hydrogen-bond acceptors (Lipinski definition) is 8. The molecule has 3 N–H and O–H groups in total. The number of para-hydroxylation sites is 1. The number of benzene rings is 1. The molecular weight excluding hydrogens is 420 g/mol. The average molecular weight is 434 g/mol. The van der Waals surface area contributed by atoms with Crippen LogP contribution in [0.2, 0.25) is 0 Å². The molecule has 5 rings (SSSR count). The number of rotatable bonds is 3. The Morgan fingerprint density at radius 1 is 1.03 bits per heavy atom. The van der Waals surface area contributed by atoms with E-state index in [0.717, 1.165) is 4.68 Å². The van der Waals surface area contributed by atoms with Gasteiger partial charge in [0.2, 0.25) is 0 Å². The molecule has 0 spiro atoms. The molecule has 11 heteroatoms. The van der Waals surface area contributed by atoms with E-state index in [9.17, 15) is 18.3 Å². The van der Waals surface area contributed by atoms with Crippen LogP contribution in [0.3, 0.4) is 0 Å². The second-order valence-corrected chi connectivity index (χ2v) is 8.20. The number of aromatic nitrogens is 3. The van der Waals surface area contributed by atoms with Crippen LogP contribution in [0.15, 0.2) is 81.2 Å². The van der Waals surface area contributed by atoms with Gasteiger partial charge in [-0.1, -0.05) is 12.1 Å². The van der Waals surface area contributed by atoms with E-state index in [1.165, 1.54) is 18.5 Å². The molecule has 4 heterocycles. The molecule has 31 heavy (non-hydrogen) atoms. The van der Waals surface area contributed by atoms with E-state index in [1.807, 2.05) is 0 Å². The Morgan fingerprint density at radius 2 is 1.84 bits per heavy atom. The highest BCUT2D eigenvalue weighted by Crippen LogP contribution is 2.31. The van der Waals surface area contributed by atoms with Crippen LogP contribution in [0.4, 0.5) is 11.4 Å². The molecule has 0 saturated heterocycles. The Kier molecular flexibility index (Phi) is 4.19. The van der Waals surface area contributed by atoms with Gasteiger partial charge in [-0.05, 0) is 36.4 Å². The molecule has 0 unspecified atom stereocenters. The van der Waals surface area contributed by atoms with Gasteiger partial charge in [-0.2, -0.15) is 13.1 Å². The van der Waals surface area contributed by atoms with E-state index in [0.29, 0.717) is 5.69 Å². The normalized spacial score (nSPS) is 14.4. The summed E-state index contributed by atoms with van der Waals surface area (Å²) in [6.45, 7) is 0. The maximum absolute atomic E-state index is 13.4. The minimum absolute atomic E-state index is 0.0190. The van der Waals surface area contributed by atoms with Crippen molar-refractivity contribution in [2.24, 2.45) is 4.40 Å². The lowest BCUT2D eigenvalue weighted by atomic mass is 10.1. The zero-order valence-electron chi connectivity index (χ0n) is 15.7. The van der Waals surface area contributed by atoms with Gasteiger partial charge in [0.1, 0.15) is 16.2 Å². The van der Waals surface area contributed by atoms with Crippen molar-refractivity contribution in [3.8, 4) is 5.75 Å². The van der Waals surface area contributed by atoms with E-state index >= 15 is 0 Å². The van der Waals surface area contributed by atoms with E-state index in [-0.39, 0.29) is 33.0 Å². The maximum Gasteiger partial charge on any atom is 0.286 e. The standard InChI is InChI=1S/C20H14N6O4S/c27-17-13-6-4-10-22-19(13)26(24-12-5-3-9-21-11-12)20(28)16(17)18-23-14-7-1-2-8-15(14)31(29,30)25-18/h1-11,24,27H,(H,23,25). The van der Waals surface area contributed by atoms with Gasteiger partial charge in [0, 0.05) is 12.4 Å². The van der Waals surface area contributed by atoms with Gasteiger partial charge in [-0.3, -0.25) is 15.2 Å². The Bertz CT molecular complexity index is 1530. The summed E-state index contributed by atoms with van der Waals surface area (Å²) < 4.78 is 30.2. The molecule has 3 aromatic heterocycles. The third kappa shape index (κ3) is 3.07. The summed E-state index contributed by atoms with van der Waals surface area (Å²) in [6.07, 6.45) is 4.56. The maximum atomic E-state index is 13.4. The first-order valence-corrected chi connectivity index (χ1v) is 10.5. The number of nitrogens with zero attached hydrogens (tertiary/aromatic N) is 4. The van der Waals surface area contributed by atoms with Crippen molar-refractivity contribution in [2.45, 2.75) is 4.90 Å². The summed E-state index contributed by atoms with van der Waals surface area (Å²) in [7, 11) is -4.08. The quantitative estimate of drug-likeness (QED) is 0.445. The van der Waals surface area contributed by atoms with E-state index in [2.05, 4.69) is 25.1 Å². The summed E-state index contributed by atoms with van der Waals surface area (Å²) in [5.74, 6) is -0.716. The van der Waals surface area contributed by atoms with Crippen molar-refractivity contribution in [3.05, 3.63) is 83.0 Å². The third-order valence-corrected chi connectivity index (χ3v) is 6.01. The van der Waals surface area contributed by atoms with Gasteiger partial charge in [-0.25, -0.2) is 4.98 Å². The second-order valence-electron chi connectivity index (χ2n) is 6.63. The van der Waals surface area contributed by atoms with Gasteiger partial charge in [0.15, 0.2) is 11.5 Å². The number of fused-ring (bicyclic) bond motifs is 2. The summed E-state index contributed by atoms with van der Waals surface area (Å²) in [6, 6.07) is 12.7. The fourth-order valence-corrected chi connectivity index (χ4v) is 4.42. The molecule has 0 saturated carbocycles. The van der Waals surface area contributed by atoms with Crippen LogP contribution in [-0.2, 0) is 10.0 Å². The zero-order valence-corrected chi connectivity index (χ0v) is 16.5. The summed E-state index contributed by atoms with van der Waals surface area (Å²) in [5, 5.41) is 14.0. The largest absolute Gasteiger partial charge is 0.506 e. The molecule has 4 aromatic rings. The molecule has 1 aliphatic rings. The first kappa shape index (κ1) is 18.8. The number of nitrogens with one attached hydrogen (secondary N) is 2. The van der Waals surface area contributed by atoms with Gasteiger partial charge < -0.3 is 10.4 Å². The molecule has 0 fully saturated rings. The summed E-state index contributed by atoms with van der Waals surface area (Å²) in [5.41, 5.74) is 2.74. The van der Waals surface area contributed by atoms with Crippen LogP contribution in [0, 0.1) is 0 Å². The van der Waals surface area contributed by atoms with Crippen molar-refractivity contribution in [1.29, 1.82) is 0 Å². The average Bonchev–Trinajstić information content (AvgIpc) is 2.77. The minimum atomic E-state index is -4.08. The Balaban J connectivity index is 1.77. The number of aromatic hydroxyl groups is 1. The minimum Gasteiger partial charge on any atom is -0.506 e. The van der Waals surface area contributed by atoms with Gasteiger partial charge in [0.25, 0.3) is 15.6 Å². The molecule has 0 aliphatic carbocycles. The van der Waals surface area contributed by atoms with E-state index in [4.69, 9.17) is 0 Å². The van der Waals surface area contributed by atoms with Crippen LogP contribution < -0.4 is 16.3 Å². The lowest BCUT2D eigenvalue weighted by Crippen LogP contribution is -2.35. The van der Waals surface area contributed by atoms with Crippen LogP contribution in [0.25, 0.3) is 11.0 Å². The van der Waals surface area contributed by atoms with Crippen molar-refractivity contribution >= 4 is 38.3 Å². The SMILES string of the molecule is O=c1c(C2=NS(=O)(=O)c3ccccc3N2)c(O)c2cccnc2n1Nc1cccnc1. The van der Waals surface area contributed by atoms with Crippen molar-refractivity contribution in [3.63, 3.8) is 0 Å². The van der Waals surface area contributed by atoms with Gasteiger partial charge in [-0.15, -0.1) is 4.40 Å². The molecular formula is C20H14N6O4S. The molecule has 0 atom stereocenters. The molecule has 10 nitrogen and oxygen atoms in total. The number of sulfonamides is 1. The molecule has 1 aliphatic heterocycles. The number of hydrogen-bond donors (Lipinski definition) is 3. The molecule has 154 valence electrons. The predicted molar refractivity (Wildman–Crippen MR) is 115 cm³/mol. The number of pyridine rings is 3. The molecule has 1 aromatic carbocycles. The van der Waals surface area contributed by atoms with Gasteiger partial charge in [0.05, 0.1) is 23.0 Å². The van der Waals surface area contributed by atoms with Crippen LogP contribution >= 0.6 is 0 Å². The van der Waals surface area contributed by atoms with Crippen LogP contribution in [0.5, 0.6) is 5.75 Å². The number of amidine groups is 1. The molecule has 0 amide bonds. The smallest absolute Gasteiger partial charge is 0.286 e. The van der Waals surface area contributed by atoms with Crippen molar-refractivity contribution in [1.82, 2.24) is 14.6 Å². The van der Waals surface area contributed by atoms with Crippen molar-refractivity contribution < 1.29 is 13.5 Å². The summed E-state index contributed by atoms with van der Waals surface area (Å²) >= 11 is 0.